The molecule has 0 heterocycles. The highest BCUT2D eigenvalue weighted by Gasteiger charge is 2.28. The molecule has 0 aliphatic carbocycles. The van der Waals surface area contributed by atoms with Gasteiger partial charge >= 0.3 is 5.97 Å². The number of esters is 1. The van der Waals surface area contributed by atoms with Gasteiger partial charge in [0.2, 0.25) is 10.0 Å². The van der Waals surface area contributed by atoms with Crippen LogP contribution in [-0.4, -0.2) is 38.9 Å². The van der Waals surface area contributed by atoms with Crippen molar-refractivity contribution in [2.24, 2.45) is 5.92 Å². The van der Waals surface area contributed by atoms with Crippen LogP contribution in [0.4, 0.5) is 4.39 Å². The molecule has 0 saturated heterocycles. The van der Waals surface area contributed by atoms with Crippen LogP contribution < -0.4 is 0 Å². The lowest BCUT2D eigenvalue weighted by Crippen LogP contribution is -2.36. The zero-order valence-electron chi connectivity index (χ0n) is 12.4. The number of hydrogen-bond donors (Lipinski definition) is 0. The number of sulfonamides is 1. The fraction of sp³-hybridized carbons (Fsp3) is 0.500. The number of halogens is 1. The van der Waals surface area contributed by atoms with Gasteiger partial charge in [-0.3, -0.25) is 4.79 Å². The highest BCUT2D eigenvalue weighted by atomic mass is 32.2. The summed E-state index contributed by atoms with van der Waals surface area (Å²) in [5.41, 5.74) is 0. The third-order valence-corrected chi connectivity index (χ3v) is 4.71. The summed E-state index contributed by atoms with van der Waals surface area (Å²) in [7, 11) is -2.74. The number of carbonyl (C=O) groups is 1. The Balaban J connectivity index is 3.06. The zero-order chi connectivity index (χ0) is 16.0. The molecule has 118 valence electrons. The van der Waals surface area contributed by atoms with E-state index in [1.807, 2.05) is 13.8 Å². The molecule has 0 amide bonds. The Kier molecular flexibility index (Phi) is 6.29. The fourth-order valence-electron chi connectivity index (χ4n) is 1.83. The summed E-state index contributed by atoms with van der Waals surface area (Å²) in [5.74, 6) is -1.26. The summed E-state index contributed by atoms with van der Waals surface area (Å²) in [6, 6.07) is 5.20. The summed E-state index contributed by atoms with van der Waals surface area (Å²) in [6.07, 6.45) is -0.0725. The van der Waals surface area contributed by atoms with E-state index in [-0.39, 0.29) is 30.3 Å². The molecule has 0 aromatic heterocycles. The van der Waals surface area contributed by atoms with Crippen molar-refractivity contribution in [3.05, 3.63) is 30.1 Å². The first-order chi connectivity index (χ1) is 9.78. The Bertz CT molecular complexity index is 586. The topological polar surface area (TPSA) is 63.7 Å². The highest BCUT2D eigenvalue weighted by Crippen LogP contribution is 2.20. The molecule has 0 saturated carbocycles. The molecular weight excluding hydrogens is 297 g/mol. The molecule has 1 aromatic carbocycles. The molecule has 0 unspecified atom stereocenters. The smallest absolute Gasteiger partial charge is 0.306 e. The van der Waals surface area contributed by atoms with E-state index in [2.05, 4.69) is 4.74 Å². The number of rotatable bonds is 7. The van der Waals surface area contributed by atoms with Crippen molar-refractivity contribution >= 4 is 16.0 Å². The minimum Gasteiger partial charge on any atom is -0.469 e. The maximum atomic E-state index is 13.8. The first-order valence-corrected chi connectivity index (χ1v) is 8.04. The SMILES string of the molecule is COC(=O)CCN(CC(C)C)S(=O)(=O)c1ccccc1F. The zero-order valence-corrected chi connectivity index (χ0v) is 13.2. The van der Waals surface area contributed by atoms with Gasteiger partial charge in [-0.25, -0.2) is 12.8 Å². The van der Waals surface area contributed by atoms with Gasteiger partial charge in [-0.2, -0.15) is 4.31 Å². The number of carbonyl (C=O) groups excluding carboxylic acids is 1. The van der Waals surface area contributed by atoms with E-state index < -0.39 is 21.8 Å². The fourth-order valence-corrected chi connectivity index (χ4v) is 3.50. The Morgan fingerprint density at radius 1 is 1.33 bits per heavy atom. The molecular formula is C14H20FNO4S. The van der Waals surface area contributed by atoms with E-state index in [9.17, 15) is 17.6 Å². The number of hydrogen-bond acceptors (Lipinski definition) is 4. The predicted molar refractivity (Wildman–Crippen MR) is 76.6 cm³/mol. The van der Waals surface area contributed by atoms with Gasteiger partial charge in [0, 0.05) is 13.1 Å². The molecule has 7 heteroatoms. The van der Waals surface area contributed by atoms with Gasteiger partial charge in [-0.1, -0.05) is 26.0 Å². The normalized spacial score (nSPS) is 11.9. The van der Waals surface area contributed by atoms with Crippen LogP contribution in [0.5, 0.6) is 0 Å². The van der Waals surface area contributed by atoms with Gasteiger partial charge < -0.3 is 4.74 Å². The van der Waals surface area contributed by atoms with Crippen LogP contribution in [0.3, 0.4) is 0 Å². The van der Waals surface area contributed by atoms with Crippen molar-refractivity contribution in [2.45, 2.75) is 25.2 Å². The largest absolute Gasteiger partial charge is 0.469 e. The van der Waals surface area contributed by atoms with Gasteiger partial charge in [0.1, 0.15) is 10.7 Å². The Morgan fingerprint density at radius 3 is 2.48 bits per heavy atom. The summed E-state index contributed by atoms with van der Waals surface area (Å²) in [6.45, 7) is 3.86. The van der Waals surface area contributed by atoms with Gasteiger partial charge in [-0.05, 0) is 18.1 Å². The minimum atomic E-state index is -3.98. The van der Waals surface area contributed by atoms with Crippen LogP contribution in [0, 0.1) is 11.7 Å². The second-order valence-electron chi connectivity index (χ2n) is 5.01. The third kappa shape index (κ3) is 4.78. The Labute approximate surface area is 124 Å². The monoisotopic (exact) mass is 317 g/mol. The van der Waals surface area contributed by atoms with E-state index in [1.165, 1.54) is 25.3 Å². The van der Waals surface area contributed by atoms with E-state index in [4.69, 9.17) is 0 Å². The molecule has 5 nitrogen and oxygen atoms in total. The minimum absolute atomic E-state index is 0.0402. The lowest BCUT2D eigenvalue weighted by molar-refractivity contribution is -0.140. The van der Waals surface area contributed by atoms with Crippen molar-refractivity contribution in [3.63, 3.8) is 0 Å². The van der Waals surface area contributed by atoms with Crippen LogP contribution in [-0.2, 0) is 19.6 Å². The first kappa shape index (κ1) is 17.6. The predicted octanol–water partition coefficient (Wildman–Crippen LogP) is 2.04. The quantitative estimate of drug-likeness (QED) is 0.722. The second-order valence-corrected chi connectivity index (χ2v) is 6.92. The molecule has 0 radical (unpaired) electrons. The first-order valence-electron chi connectivity index (χ1n) is 6.60. The van der Waals surface area contributed by atoms with Crippen molar-refractivity contribution in [2.75, 3.05) is 20.2 Å². The Morgan fingerprint density at radius 2 is 1.95 bits per heavy atom. The molecule has 0 atom stereocenters. The molecule has 0 spiro atoms. The molecule has 0 aliphatic heterocycles. The molecule has 0 bridgehead atoms. The molecule has 1 rings (SSSR count). The summed E-state index contributed by atoms with van der Waals surface area (Å²) < 4.78 is 44.4. The maximum Gasteiger partial charge on any atom is 0.306 e. The lowest BCUT2D eigenvalue weighted by Gasteiger charge is -2.23. The number of benzene rings is 1. The van der Waals surface area contributed by atoms with E-state index in [1.54, 1.807) is 0 Å². The maximum absolute atomic E-state index is 13.8. The van der Waals surface area contributed by atoms with Crippen LogP contribution >= 0.6 is 0 Å². The van der Waals surface area contributed by atoms with Crippen molar-refractivity contribution in [1.29, 1.82) is 0 Å². The van der Waals surface area contributed by atoms with Crippen molar-refractivity contribution in [3.8, 4) is 0 Å². The van der Waals surface area contributed by atoms with Crippen molar-refractivity contribution in [1.82, 2.24) is 4.31 Å². The average Bonchev–Trinajstić information content (AvgIpc) is 2.42. The summed E-state index contributed by atoms with van der Waals surface area (Å²) in [5, 5.41) is 0. The molecule has 0 fully saturated rings. The van der Waals surface area contributed by atoms with Gasteiger partial charge in [0.15, 0.2) is 0 Å². The Hall–Kier alpha value is -1.47. The van der Waals surface area contributed by atoms with E-state index >= 15 is 0 Å². The lowest BCUT2D eigenvalue weighted by atomic mass is 10.2. The van der Waals surface area contributed by atoms with Crippen molar-refractivity contribution < 1.29 is 22.3 Å². The molecule has 0 N–H and O–H groups in total. The number of ether oxygens (including phenoxy) is 1. The summed E-state index contributed by atoms with van der Waals surface area (Å²) >= 11 is 0. The number of nitrogens with zero attached hydrogens (tertiary/aromatic N) is 1. The van der Waals surface area contributed by atoms with Gasteiger partial charge in [0.05, 0.1) is 13.5 Å². The number of methoxy groups -OCH3 is 1. The standard InChI is InChI=1S/C14H20FNO4S/c1-11(2)10-16(9-8-14(17)20-3)21(18,19)13-7-5-4-6-12(13)15/h4-7,11H,8-10H2,1-3H3. The van der Waals surface area contributed by atoms with Crippen LogP contribution in [0.2, 0.25) is 0 Å². The third-order valence-electron chi connectivity index (χ3n) is 2.82. The van der Waals surface area contributed by atoms with Gasteiger partial charge in [-0.15, -0.1) is 0 Å². The van der Waals surface area contributed by atoms with Crippen LogP contribution in [0.1, 0.15) is 20.3 Å². The highest BCUT2D eigenvalue weighted by molar-refractivity contribution is 7.89. The van der Waals surface area contributed by atoms with Gasteiger partial charge in [0.25, 0.3) is 0 Å². The molecule has 0 aliphatic rings. The van der Waals surface area contributed by atoms with E-state index in [0.29, 0.717) is 0 Å². The second kappa shape index (κ2) is 7.51. The van der Waals surface area contributed by atoms with Crippen LogP contribution in [0.25, 0.3) is 0 Å². The molecule has 1 aromatic rings. The summed E-state index contributed by atoms with van der Waals surface area (Å²) in [4.78, 5) is 10.8. The van der Waals surface area contributed by atoms with Crippen LogP contribution in [0.15, 0.2) is 29.2 Å². The average molecular weight is 317 g/mol. The van der Waals surface area contributed by atoms with E-state index in [0.717, 1.165) is 10.4 Å². The molecule has 21 heavy (non-hydrogen) atoms.